The molecule has 1 unspecified atom stereocenters. The average molecular weight is 237 g/mol. The smallest absolute Gasteiger partial charge is 0.124 e. The van der Waals surface area contributed by atoms with E-state index in [0.29, 0.717) is 5.92 Å². The molecule has 17 heavy (non-hydrogen) atoms. The molecule has 1 aliphatic rings. The van der Waals surface area contributed by atoms with Gasteiger partial charge in [-0.2, -0.15) is 5.10 Å². The second-order valence-corrected chi connectivity index (χ2v) is 6.20. The highest BCUT2D eigenvalue weighted by molar-refractivity contribution is 5.39. The number of aliphatic hydroxyl groups excluding tert-OH is 1. The van der Waals surface area contributed by atoms with Crippen molar-refractivity contribution >= 4 is 5.82 Å². The van der Waals surface area contributed by atoms with Crippen LogP contribution in [0, 0.1) is 11.3 Å². The Kier molecular flexibility index (Phi) is 3.43. The summed E-state index contributed by atoms with van der Waals surface area (Å²) in [6, 6.07) is 2.15. The highest BCUT2D eigenvalue weighted by atomic mass is 16.3. The molecule has 1 aromatic rings. The van der Waals surface area contributed by atoms with E-state index in [1.165, 1.54) is 0 Å². The molecule has 0 amide bonds. The Morgan fingerprint density at radius 1 is 1.53 bits per heavy atom. The van der Waals surface area contributed by atoms with Crippen LogP contribution in [0.15, 0.2) is 6.07 Å². The fourth-order valence-corrected chi connectivity index (χ4v) is 2.32. The van der Waals surface area contributed by atoms with E-state index in [-0.39, 0.29) is 12.0 Å². The lowest BCUT2D eigenvalue weighted by Gasteiger charge is -2.24. The van der Waals surface area contributed by atoms with Crippen LogP contribution in [0.1, 0.15) is 32.9 Å². The molecule has 96 valence electrons. The number of nitrogens with one attached hydrogen (secondary N) is 1. The minimum absolute atomic E-state index is 0.262. The summed E-state index contributed by atoms with van der Waals surface area (Å²) in [5, 5.41) is 17.0. The Labute approximate surface area is 103 Å². The summed E-state index contributed by atoms with van der Waals surface area (Å²) < 4.78 is 2.05. The first kappa shape index (κ1) is 12.4. The topological polar surface area (TPSA) is 50.1 Å². The lowest BCUT2D eigenvalue weighted by atomic mass is 9.91. The average Bonchev–Trinajstić information content (AvgIpc) is 2.56. The molecule has 0 spiro atoms. The van der Waals surface area contributed by atoms with Crippen molar-refractivity contribution in [2.75, 3.05) is 18.5 Å². The third-order valence-corrected chi connectivity index (χ3v) is 3.08. The van der Waals surface area contributed by atoms with E-state index in [1.54, 1.807) is 0 Å². The SMILES string of the molecule is CC(C)(C)Cc1cc2n(n1)CC(CCO)CN2. The molecular formula is C13H23N3O. The minimum atomic E-state index is 0.262. The number of anilines is 1. The van der Waals surface area contributed by atoms with Gasteiger partial charge in [0.05, 0.1) is 5.69 Å². The molecule has 1 aliphatic heterocycles. The van der Waals surface area contributed by atoms with Crippen LogP contribution in [0.3, 0.4) is 0 Å². The fraction of sp³-hybridized carbons (Fsp3) is 0.769. The van der Waals surface area contributed by atoms with Gasteiger partial charge in [0.2, 0.25) is 0 Å². The maximum absolute atomic E-state index is 8.97. The third kappa shape index (κ3) is 3.22. The Morgan fingerprint density at radius 2 is 2.29 bits per heavy atom. The largest absolute Gasteiger partial charge is 0.396 e. The van der Waals surface area contributed by atoms with Crippen molar-refractivity contribution in [1.82, 2.24) is 9.78 Å². The number of rotatable bonds is 3. The molecule has 2 N–H and O–H groups in total. The molecule has 0 saturated carbocycles. The van der Waals surface area contributed by atoms with Crippen LogP contribution in [0.4, 0.5) is 5.82 Å². The van der Waals surface area contributed by atoms with Crippen LogP contribution < -0.4 is 5.32 Å². The molecule has 0 aromatic carbocycles. The first-order chi connectivity index (χ1) is 7.98. The first-order valence-corrected chi connectivity index (χ1v) is 6.39. The third-order valence-electron chi connectivity index (χ3n) is 3.08. The number of aromatic nitrogens is 2. The normalized spacial score (nSPS) is 19.9. The van der Waals surface area contributed by atoms with Crippen molar-refractivity contribution in [1.29, 1.82) is 0 Å². The number of aliphatic hydroxyl groups is 1. The summed E-state index contributed by atoms with van der Waals surface area (Å²) in [5.74, 6) is 1.62. The number of hydrogen-bond acceptors (Lipinski definition) is 3. The van der Waals surface area contributed by atoms with E-state index >= 15 is 0 Å². The number of nitrogens with zero attached hydrogens (tertiary/aromatic N) is 2. The summed E-state index contributed by atoms with van der Waals surface area (Å²) in [7, 11) is 0. The van der Waals surface area contributed by atoms with Gasteiger partial charge in [-0.3, -0.25) is 0 Å². The molecule has 0 saturated heterocycles. The van der Waals surface area contributed by atoms with Crippen LogP contribution in [-0.2, 0) is 13.0 Å². The number of fused-ring (bicyclic) bond motifs is 1. The highest BCUT2D eigenvalue weighted by Gasteiger charge is 2.21. The Bertz CT molecular complexity index is 379. The van der Waals surface area contributed by atoms with E-state index in [2.05, 4.69) is 37.3 Å². The van der Waals surface area contributed by atoms with Crippen LogP contribution in [0.5, 0.6) is 0 Å². The molecule has 2 rings (SSSR count). The summed E-state index contributed by atoms with van der Waals surface area (Å²) in [6.07, 6.45) is 1.85. The van der Waals surface area contributed by atoms with Crippen molar-refractivity contribution in [2.24, 2.45) is 11.3 Å². The zero-order valence-corrected chi connectivity index (χ0v) is 11.0. The predicted octanol–water partition coefficient (Wildman–Crippen LogP) is 1.90. The van der Waals surface area contributed by atoms with Crippen molar-refractivity contribution in [3.8, 4) is 0 Å². The molecule has 1 atom stereocenters. The molecule has 0 fully saturated rings. The maximum Gasteiger partial charge on any atom is 0.124 e. The number of hydrogen-bond donors (Lipinski definition) is 2. The van der Waals surface area contributed by atoms with E-state index in [4.69, 9.17) is 5.11 Å². The quantitative estimate of drug-likeness (QED) is 0.844. The van der Waals surface area contributed by atoms with Crippen LogP contribution in [0.25, 0.3) is 0 Å². The van der Waals surface area contributed by atoms with E-state index in [1.807, 2.05) is 4.68 Å². The van der Waals surface area contributed by atoms with Gasteiger partial charge in [-0.1, -0.05) is 20.8 Å². The van der Waals surface area contributed by atoms with Gasteiger partial charge in [-0.05, 0) is 24.2 Å². The highest BCUT2D eigenvalue weighted by Crippen LogP contribution is 2.25. The molecule has 0 bridgehead atoms. The summed E-state index contributed by atoms with van der Waals surface area (Å²) in [5.41, 5.74) is 1.43. The first-order valence-electron chi connectivity index (χ1n) is 6.39. The fourth-order valence-electron chi connectivity index (χ4n) is 2.32. The Balaban J connectivity index is 2.07. The predicted molar refractivity (Wildman–Crippen MR) is 69.1 cm³/mol. The van der Waals surface area contributed by atoms with Gasteiger partial charge in [0.15, 0.2) is 0 Å². The van der Waals surface area contributed by atoms with Crippen LogP contribution in [0.2, 0.25) is 0 Å². The van der Waals surface area contributed by atoms with Gasteiger partial charge < -0.3 is 10.4 Å². The van der Waals surface area contributed by atoms with Crippen LogP contribution in [-0.4, -0.2) is 28.0 Å². The summed E-state index contributed by atoms with van der Waals surface area (Å²) in [6.45, 7) is 8.82. The van der Waals surface area contributed by atoms with Gasteiger partial charge in [-0.25, -0.2) is 4.68 Å². The molecule has 2 heterocycles. The van der Waals surface area contributed by atoms with Crippen LogP contribution >= 0.6 is 0 Å². The van der Waals surface area contributed by atoms with E-state index in [0.717, 1.165) is 37.4 Å². The maximum atomic E-state index is 8.97. The van der Waals surface area contributed by atoms with E-state index < -0.39 is 0 Å². The van der Waals surface area contributed by atoms with Crippen molar-refractivity contribution in [3.05, 3.63) is 11.8 Å². The van der Waals surface area contributed by atoms with Gasteiger partial charge in [-0.15, -0.1) is 0 Å². The van der Waals surface area contributed by atoms with Crippen molar-refractivity contribution in [3.63, 3.8) is 0 Å². The zero-order chi connectivity index (χ0) is 12.5. The van der Waals surface area contributed by atoms with Gasteiger partial charge in [0, 0.05) is 25.8 Å². The molecule has 4 nitrogen and oxygen atoms in total. The van der Waals surface area contributed by atoms with Gasteiger partial charge in [0.1, 0.15) is 5.82 Å². The monoisotopic (exact) mass is 237 g/mol. The molecule has 0 aliphatic carbocycles. The molecule has 4 heteroatoms. The molecular weight excluding hydrogens is 214 g/mol. The molecule has 1 aromatic heterocycles. The van der Waals surface area contributed by atoms with Crippen molar-refractivity contribution < 1.29 is 5.11 Å². The lowest BCUT2D eigenvalue weighted by molar-refractivity contribution is 0.244. The standard InChI is InChI=1S/C13H23N3O/c1-13(2,3)7-11-6-12-14-8-10(4-5-17)9-16(12)15-11/h6,10,14,17H,4-5,7-9H2,1-3H3. The van der Waals surface area contributed by atoms with Crippen molar-refractivity contribution in [2.45, 2.75) is 40.2 Å². The Hall–Kier alpha value is -1.03. The summed E-state index contributed by atoms with van der Waals surface area (Å²) in [4.78, 5) is 0. The zero-order valence-electron chi connectivity index (χ0n) is 11.0. The molecule has 0 radical (unpaired) electrons. The second-order valence-electron chi connectivity index (χ2n) is 6.20. The van der Waals surface area contributed by atoms with E-state index in [9.17, 15) is 0 Å². The second kappa shape index (κ2) is 4.69. The summed E-state index contributed by atoms with van der Waals surface area (Å²) >= 11 is 0. The Morgan fingerprint density at radius 3 is 2.94 bits per heavy atom. The minimum Gasteiger partial charge on any atom is -0.396 e. The van der Waals surface area contributed by atoms with Gasteiger partial charge >= 0.3 is 0 Å². The lowest BCUT2D eigenvalue weighted by Crippen LogP contribution is -2.28. The van der Waals surface area contributed by atoms with Gasteiger partial charge in [0.25, 0.3) is 0 Å².